The van der Waals surface area contributed by atoms with E-state index in [0.717, 1.165) is 0 Å². The monoisotopic (exact) mass is 416 g/mol. The Kier molecular flexibility index (Phi) is 2.70. The van der Waals surface area contributed by atoms with Crippen LogP contribution in [-0.4, -0.2) is 65.9 Å². The van der Waals surface area contributed by atoms with Gasteiger partial charge in [-0.15, -0.1) is 0 Å². The first-order chi connectivity index (χ1) is 18.4. The number of pyridine rings is 1. The third-order valence-electron chi connectivity index (χ3n) is 4.54. The van der Waals surface area contributed by atoms with E-state index >= 15 is 0 Å². The maximum Gasteiger partial charge on any atom is 0.495 e. The zero-order valence-electron chi connectivity index (χ0n) is 30.6. The second-order valence-electron chi connectivity index (χ2n) is 8.63. The van der Waals surface area contributed by atoms with Crippen molar-refractivity contribution < 1.29 is 36.7 Å². The second kappa shape index (κ2) is 7.47. The van der Waals surface area contributed by atoms with Gasteiger partial charge in [0, 0.05) is 35.8 Å². The first-order valence-electron chi connectivity index (χ1n) is 15.6. The Hall–Kier alpha value is -1.80. The number of piperazine rings is 1. The van der Waals surface area contributed by atoms with E-state index in [0.29, 0.717) is 0 Å². The Morgan fingerprint density at radius 3 is 2.31 bits per heavy atom. The summed E-state index contributed by atoms with van der Waals surface area (Å²) in [6.07, 6.45) is -1.70. The van der Waals surface area contributed by atoms with Gasteiger partial charge in [0.25, 0.3) is 0 Å². The molecule has 0 saturated carbocycles. The maximum absolute atomic E-state index is 13.0. The molecule has 0 aliphatic carbocycles. The molecule has 0 spiro atoms. The predicted molar refractivity (Wildman–Crippen MR) is 115 cm³/mol. The van der Waals surface area contributed by atoms with Crippen molar-refractivity contribution >= 4 is 24.5 Å². The lowest BCUT2D eigenvalue weighted by atomic mass is 9.79. The number of amides is 1. The molecule has 3 rings (SSSR count). The minimum atomic E-state index is -3.70. The summed E-state index contributed by atoms with van der Waals surface area (Å²) in [6.45, 7) is -7.22. The summed E-state index contributed by atoms with van der Waals surface area (Å²) in [7, 11) is -1.58. The predicted octanol–water partition coefficient (Wildman–Crippen LogP) is 2.75. The standard InChI is InChI=1S/C21H34BN3O4/c1-15-13-16(22-28-20(5,6)21(7,8)29-22)14-17(23-15)24-9-11-25(12-10-24)18(26)27-19(2,3)4/h13-14H,9-12H2,1-8H3/i1D3,9D2,10D2,11D2,12D2,13D,14D. The van der Waals surface area contributed by atoms with E-state index in [4.69, 9.17) is 31.9 Å². The molecule has 0 aromatic carbocycles. The number of carbonyl (C=O) groups is 1. The van der Waals surface area contributed by atoms with Crippen LogP contribution in [0.1, 0.15) is 72.0 Å². The van der Waals surface area contributed by atoms with Crippen molar-refractivity contribution in [2.24, 2.45) is 0 Å². The van der Waals surface area contributed by atoms with Crippen molar-refractivity contribution in [3.63, 3.8) is 0 Å². The van der Waals surface area contributed by atoms with Gasteiger partial charge in [0.15, 0.2) is 0 Å². The van der Waals surface area contributed by atoms with Crippen LogP contribution in [0.5, 0.6) is 0 Å². The highest BCUT2D eigenvalue weighted by molar-refractivity contribution is 6.62. The van der Waals surface area contributed by atoms with Gasteiger partial charge in [0.2, 0.25) is 0 Å². The summed E-state index contributed by atoms with van der Waals surface area (Å²) >= 11 is 0. The van der Waals surface area contributed by atoms with Crippen molar-refractivity contribution in [1.82, 2.24) is 9.88 Å². The third-order valence-corrected chi connectivity index (χ3v) is 4.54. The van der Waals surface area contributed by atoms with Crippen LogP contribution in [0.15, 0.2) is 12.1 Å². The molecular formula is C21H34BN3O4. The first kappa shape index (κ1) is 10.5. The summed E-state index contributed by atoms with van der Waals surface area (Å²) in [4.78, 5) is 16.3. The summed E-state index contributed by atoms with van der Waals surface area (Å²) in [5.41, 5.74) is -4.96. The van der Waals surface area contributed by atoms with Gasteiger partial charge in [-0.05, 0) is 72.9 Å². The van der Waals surface area contributed by atoms with E-state index in [1.165, 1.54) is 20.8 Å². The number of hydrogen-bond donors (Lipinski definition) is 0. The fourth-order valence-corrected chi connectivity index (χ4v) is 2.39. The molecule has 0 N–H and O–H groups in total. The summed E-state index contributed by atoms with van der Waals surface area (Å²) in [5, 5.41) is 0. The molecule has 3 heterocycles. The van der Waals surface area contributed by atoms with Crippen LogP contribution in [0.3, 0.4) is 0 Å². The van der Waals surface area contributed by atoms with Gasteiger partial charge < -0.3 is 23.8 Å². The van der Waals surface area contributed by atoms with Gasteiger partial charge in [-0.2, -0.15) is 0 Å². The van der Waals surface area contributed by atoms with Crippen LogP contribution in [0.25, 0.3) is 0 Å². The van der Waals surface area contributed by atoms with Crippen LogP contribution < -0.4 is 10.4 Å². The molecule has 0 unspecified atom stereocenters. The summed E-state index contributed by atoms with van der Waals surface area (Å²) in [5.74, 6) is -1.14. The van der Waals surface area contributed by atoms with Crippen LogP contribution in [-0.2, 0) is 14.0 Å². The lowest BCUT2D eigenvalue weighted by Crippen LogP contribution is -2.50. The Morgan fingerprint density at radius 1 is 1.21 bits per heavy atom. The van der Waals surface area contributed by atoms with Crippen molar-refractivity contribution in [2.45, 2.75) is 72.1 Å². The van der Waals surface area contributed by atoms with Gasteiger partial charge in [-0.3, -0.25) is 0 Å². The zero-order valence-corrected chi connectivity index (χ0v) is 17.6. The Balaban J connectivity index is 2.38. The minimum absolute atomic E-state index is 0.146. The van der Waals surface area contributed by atoms with Crippen molar-refractivity contribution in [3.8, 4) is 0 Å². The lowest BCUT2D eigenvalue weighted by molar-refractivity contribution is 0.00578. The number of anilines is 1. The van der Waals surface area contributed by atoms with Gasteiger partial charge in [-0.1, -0.05) is 0 Å². The largest absolute Gasteiger partial charge is 0.495 e. The molecule has 2 aliphatic rings. The highest BCUT2D eigenvalue weighted by Gasteiger charge is 2.51. The molecule has 2 fully saturated rings. The van der Waals surface area contributed by atoms with E-state index in [1.807, 2.05) is 0 Å². The molecule has 29 heavy (non-hydrogen) atoms. The topological polar surface area (TPSA) is 64.1 Å². The number of hydrogen-bond acceptors (Lipinski definition) is 6. The molecule has 160 valence electrons. The summed E-state index contributed by atoms with van der Waals surface area (Å²) in [6, 6.07) is -1.79. The average molecular weight is 416 g/mol. The molecule has 2 aliphatic heterocycles. The maximum atomic E-state index is 13.0. The molecule has 2 saturated heterocycles. The van der Waals surface area contributed by atoms with E-state index in [1.54, 1.807) is 27.7 Å². The molecule has 8 heteroatoms. The number of aromatic nitrogens is 1. The van der Waals surface area contributed by atoms with Crippen molar-refractivity contribution in [3.05, 3.63) is 17.8 Å². The van der Waals surface area contributed by atoms with Crippen molar-refractivity contribution in [1.29, 1.82) is 0 Å². The number of ether oxygens (including phenoxy) is 1. The molecule has 0 radical (unpaired) electrons. The average Bonchev–Trinajstić information content (AvgIpc) is 2.92. The smallest absolute Gasteiger partial charge is 0.444 e. The Labute approximate surface area is 193 Å². The van der Waals surface area contributed by atoms with Gasteiger partial charge in [0.05, 0.1) is 24.9 Å². The van der Waals surface area contributed by atoms with Gasteiger partial charge >= 0.3 is 13.2 Å². The van der Waals surface area contributed by atoms with E-state index in [2.05, 4.69) is 4.98 Å². The first-order valence-corrected chi connectivity index (χ1v) is 9.07. The molecule has 1 aromatic heterocycles. The normalized spacial score (nSPS) is 35.4. The summed E-state index contributed by atoms with van der Waals surface area (Å²) < 4.78 is 127. The highest BCUT2D eigenvalue weighted by atomic mass is 16.7. The second-order valence-corrected chi connectivity index (χ2v) is 8.63. The van der Waals surface area contributed by atoms with Crippen LogP contribution >= 0.6 is 0 Å². The van der Waals surface area contributed by atoms with Crippen LogP contribution in [0.4, 0.5) is 10.6 Å². The quantitative estimate of drug-likeness (QED) is 0.691. The van der Waals surface area contributed by atoms with Gasteiger partial charge in [0.1, 0.15) is 11.4 Å². The molecule has 0 atom stereocenters. The van der Waals surface area contributed by atoms with Crippen LogP contribution in [0, 0.1) is 6.85 Å². The number of nitrogens with zero attached hydrogens (tertiary/aromatic N) is 3. The molecule has 1 aromatic rings. The fraction of sp³-hybridized carbons (Fsp3) is 0.714. The van der Waals surface area contributed by atoms with E-state index in [-0.39, 0.29) is 9.80 Å². The van der Waals surface area contributed by atoms with Crippen LogP contribution in [0.2, 0.25) is 0 Å². The minimum Gasteiger partial charge on any atom is -0.444 e. The van der Waals surface area contributed by atoms with E-state index in [9.17, 15) is 4.79 Å². The third kappa shape index (κ3) is 4.86. The zero-order chi connectivity index (χ0) is 33.0. The Bertz CT molecular complexity index is 1240. The number of aryl methyl sites for hydroxylation is 1. The molecular weight excluding hydrogens is 369 g/mol. The number of rotatable bonds is 2. The molecule has 0 bridgehead atoms. The molecule has 7 nitrogen and oxygen atoms in total. The lowest BCUT2D eigenvalue weighted by Gasteiger charge is -2.36. The van der Waals surface area contributed by atoms with Crippen molar-refractivity contribution in [2.75, 3.05) is 30.9 Å². The highest BCUT2D eigenvalue weighted by Crippen LogP contribution is 2.36. The van der Waals surface area contributed by atoms with Gasteiger partial charge in [-0.25, -0.2) is 9.78 Å². The Morgan fingerprint density at radius 2 is 1.79 bits per heavy atom. The number of carbonyl (C=O) groups excluding carboxylic acids is 1. The molecule has 1 amide bonds. The van der Waals surface area contributed by atoms with E-state index < -0.39 is 91.9 Å². The SMILES string of the molecule is [2H]c1c(N2C([2H])([2H])C([2H])([2H])N(C(=O)OC(C)(C)C)C([2H])([2H])C2([2H])[2H])nc(C([2H])([2H])[2H])c([2H])c1B1OC(C)(C)C(C)(C)O1. The fourth-order valence-electron chi connectivity index (χ4n) is 2.39.